The van der Waals surface area contributed by atoms with Gasteiger partial charge in [0.05, 0.1) is 6.04 Å². The molecule has 0 aromatic rings. The van der Waals surface area contributed by atoms with Gasteiger partial charge in [0.2, 0.25) is 5.91 Å². The Balaban J connectivity index is 2.33. The molecule has 0 spiro atoms. The standard InChI is InChI=1S/C14H28N2O2/c1-11-8-12(2)10-16(9-11)13(3)14(17)15-6-5-7-18-4/h11-13H,5-10H2,1-4H3,(H,15,17). The Morgan fingerprint density at radius 2 is 2.00 bits per heavy atom. The molecule has 0 aromatic heterocycles. The molecule has 0 radical (unpaired) electrons. The summed E-state index contributed by atoms with van der Waals surface area (Å²) in [6, 6.07) is -0.0160. The first-order chi connectivity index (χ1) is 8.54. The van der Waals surface area contributed by atoms with E-state index in [4.69, 9.17) is 4.74 Å². The molecule has 0 bridgehead atoms. The van der Waals surface area contributed by atoms with Crippen LogP contribution in [0.5, 0.6) is 0 Å². The third-order valence-electron chi connectivity index (χ3n) is 3.65. The van der Waals surface area contributed by atoms with Gasteiger partial charge in [-0.2, -0.15) is 0 Å². The molecule has 18 heavy (non-hydrogen) atoms. The van der Waals surface area contributed by atoms with Crippen molar-refractivity contribution in [1.82, 2.24) is 10.2 Å². The summed E-state index contributed by atoms with van der Waals surface area (Å²) in [5.74, 6) is 1.53. The van der Waals surface area contributed by atoms with E-state index in [1.165, 1.54) is 6.42 Å². The first-order valence-electron chi connectivity index (χ1n) is 7.05. The maximum atomic E-state index is 12.0. The fraction of sp³-hybridized carbons (Fsp3) is 0.929. The highest BCUT2D eigenvalue weighted by atomic mass is 16.5. The molecule has 1 amide bonds. The minimum atomic E-state index is -0.0160. The molecule has 106 valence electrons. The fourth-order valence-corrected chi connectivity index (χ4v) is 2.77. The second kappa shape index (κ2) is 7.74. The van der Waals surface area contributed by atoms with E-state index < -0.39 is 0 Å². The molecule has 1 fully saturated rings. The molecule has 3 unspecified atom stereocenters. The minimum Gasteiger partial charge on any atom is -0.385 e. The molecule has 0 aromatic carbocycles. The first-order valence-corrected chi connectivity index (χ1v) is 7.05. The van der Waals surface area contributed by atoms with Crippen molar-refractivity contribution in [2.45, 2.75) is 39.7 Å². The van der Waals surface area contributed by atoms with Gasteiger partial charge in [-0.25, -0.2) is 0 Å². The van der Waals surface area contributed by atoms with Crippen LogP contribution in [-0.2, 0) is 9.53 Å². The minimum absolute atomic E-state index is 0.0160. The molecule has 3 atom stereocenters. The third-order valence-corrected chi connectivity index (χ3v) is 3.65. The lowest BCUT2D eigenvalue weighted by Gasteiger charge is -2.38. The lowest BCUT2D eigenvalue weighted by Crippen LogP contribution is -2.50. The Morgan fingerprint density at radius 3 is 2.56 bits per heavy atom. The maximum absolute atomic E-state index is 12.0. The summed E-state index contributed by atoms with van der Waals surface area (Å²) in [7, 11) is 1.68. The van der Waals surface area contributed by atoms with Gasteiger partial charge in [0, 0.05) is 33.4 Å². The number of hydrogen-bond acceptors (Lipinski definition) is 3. The van der Waals surface area contributed by atoms with Gasteiger partial charge in [-0.3, -0.25) is 9.69 Å². The van der Waals surface area contributed by atoms with Crippen molar-refractivity contribution >= 4 is 5.91 Å². The van der Waals surface area contributed by atoms with Gasteiger partial charge in [-0.05, 0) is 31.6 Å². The van der Waals surface area contributed by atoms with Crippen LogP contribution in [0.2, 0.25) is 0 Å². The van der Waals surface area contributed by atoms with Crippen LogP contribution in [0.15, 0.2) is 0 Å². The van der Waals surface area contributed by atoms with Crippen molar-refractivity contribution in [3.8, 4) is 0 Å². The number of methoxy groups -OCH3 is 1. The fourth-order valence-electron chi connectivity index (χ4n) is 2.77. The van der Waals surface area contributed by atoms with Gasteiger partial charge >= 0.3 is 0 Å². The van der Waals surface area contributed by atoms with Crippen molar-refractivity contribution in [2.24, 2.45) is 11.8 Å². The molecule has 1 rings (SSSR count). The van der Waals surface area contributed by atoms with Gasteiger partial charge in [0.25, 0.3) is 0 Å². The number of nitrogens with one attached hydrogen (secondary N) is 1. The van der Waals surface area contributed by atoms with Crippen molar-refractivity contribution in [2.75, 3.05) is 33.4 Å². The number of carbonyl (C=O) groups is 1. The summed E-state index contributed by atoms with van der Waals surface area (Å²) in [6.45, 7) is 10.0. The van der Waals surface area contributed by atoms with Crippen LogP contribution >= 0.6 is 0 Å². The predicted octanol–water partition coefficient (Wildman–Crippen LogP) is 1.51. The molecule has 4 heteroatoms. The second-order valence-corrected chi connectivity index (χ2v) is 5.71. The summed E-state index contributed by atoms with van der Waals surface area (Å²) in [4.78, 5) is 14.3. The van der Waals surface area contributed by atoms with Crippen LogP contribution in [0.4, 0.5) is 0 Å². The van der Waals surface area contributed by atoms with Crippen LogP contribution in [0.1, 0.15) is 33.6 Å². The Kier molecular flexibility index (Phi) is 6.65. The third kappa shape index (κ3) is 4.94. The smallest absolute Gasteiger partial charge is 0.237 e. The Hall–Kier alpha value is -0.610. The Labute approximate surface area is 111 Å². The van der Waals surface area contributed by atoms with Gasteiger partial charge in [0.15, 0.2) is 0 Å². The number of hydrogen-bond donors (Lipinski definition) is 1. The second-order valence-electron chi connectivity index (χ2n) is 5.71. The molecule has 0 aliphatic carbocycles. The number of ether oxygens (including phenoxy) is 1. The van der Waals surface area contributed by atoms with Gasteiger partial charge < -0.3 is 10.1 Å². The normalized spacial score (nSPS) is 26.9. The van der Waals surface area contributed by atoms with E-state index >= 15 is 0 Å². The number of nitrogens with zero attached hydrogens (tertiary/aromatic N) is 1. The maximum Gasteiger partial charge on any atom is 0.237 e. The summed E-state index contributed by atoms with van der Waals surface area (Å²) in [6.07, 6.45) is 2.15. The van der Waals surface area contributed by atoms with E-state index in [-0.39, 0.29) is 11.9 Å². The number of rotatable bonds is 6. The highest BCUT2D eigenvalue weighted by Gasteiger charge is 2.28. The molecular formula is C14H28N2O2. The van der Waals surface area contributed by atoms with E-state index in [2.05, 4.69) is 24.1 Å². The molecule has 0 saturated carbocycles. The number of likely N-dealkylation sites (tertiary alicyclic amines) is 1. The van der Waals surface area contributed by atoms with E-state index in [9.17, 15) is 4.79 Å². The van der Waals surface area contributed by atoms with E-state index in [0.717, 1.165) is 19.5 Å². The summed E-state index contributed by atoms with van der Waals surface area (Å²) in [5.41, 5.74) is 0. The largest absolute Gasteiger partial charge is 0.385 e. The SMILES string of the molecule is COCCCNC(=O)C(C)N1CC(C)CC(C)C1. The van der Waals surface area contributed by atoms with Gasteiger partial charge in [-0.1, -0.05) is 13.8 Å². The molecule has 1 saturated heterocycles. The molecular weight excluding hydrogens is 228 g/mol. The van der Waals surface area contributed by atoms with E-state index in [0.29, 0.717) is 25.0 Å². The molecule has 1 N–H and O–H groups in total. The zero-order valence-corrected chi connectivity index (χ0v) is 12.2. The van der Waals surface area contributed by atoms with E-state index in [1.54, 1.807) is 7.11 Å². The van der Waals surface area contributed by atoms with E-state index in [1.807, 2.05) is 6.92 Å². The molecule has 4 nitrogen and oxygen atoms in total. The van der Waals surface area contributed by atoms with Gasteiger partial charge in [0.1, 0.15) is 0 Å². The lowest BCUT2D eigenvalue weighted by atomic mass is 9.91. The zero-order chi connectivity index (χ0) is 13.5. The molecule has 1 aliphatic rings. The van der Waals surface area contributed by atoms with Crippen LogP contribution in [0.25, 0.3) is 0 Å². The molecule has 1 heterocycles. The highest BCUT2D eigenvalue weighted by Crippen LogP contribution is 2.22. The first kappa shape index (κ1) is 15.4. The predicted molar refractivity (Wildman–Crippen MR) is 73.5 cm³/mol. The van der Waals surface area contributed by atoms with Crippen molar-refractivity contribution < 1.29 is 9.53 Å². The summed E-state index contributed by atoms with van der Waals surface area (Å²) < 4.78 is 4.97. The van der Waals surface area contributed by atoms with Crippen molar-refractivity contribution in [3.05, 3.63) is 0 Å². The van der Waals surface area contributed by atoms with Crippen molar-refractivity contribution in [3.63, 3.8) is 0 Å². The average Bonchev–Trinajstić information content (AvgIpc) is 2.32. The average molecular weight is 256 g/mol. The zero-order valence-electron chi connectivity index (χ0n) is 12.2. The summed E-state index contributed by atoms with van der Waals surface area (Å²) in [5, 5.41) is 2.98. The number of carbonyl (C=O) groups excluding carboxylic acids is 1. The Bertz CT molecular complexity index is 248. The van der Waals surface area contributed by atoms with Crippen LogP contribution in [0.3, 0.4) is 0 Å². The van der Waals surface area contributed by atoms with Gasteiger partial charge in [-0.15, -0.1) is 0 Å². The van der Waals surface area contributed by atoms with Crippen LogP contribution in [0, 0.1) is 11.8 Å². The quantitative estimate of drug-likeness (QED) is 0.732. The Morgan fingerprint density at radius 1 is 1.39 bits per heavy atom. The van der Waals surface area contributed by atoms with Crippen molar-refractivity contribution in [1.29, 1.82) is 0 Å². The highest BCUT2D eigenvalue weighted by molar-refractivity contribution is 5.81. The number of piperidine rings is 1. The number of amides is 1. The summed E-state index contributed by atoms with van der Waals surface area (Å²) >= 11 is 0. The molecule has 1 aliphatic heterocycles. The monoisotopic (exact) mass is 256 g/mol. The van der Waals surface area contributed by atoms with Crippen LogP contribution in [-0.4, -0.2) is 50.2 Å². The topological polar surface area (TPSA) is 41.6 Å². The lowest BCUT2D eigenvalue weighted by molar-refractivity contribution is -0.126. The van der Waals surface area contributed by atoms with Crippen LogP contribution < -0.4 is 5.32 Å².